The van der Waals surface area contributed by atoms with Gasteiger partial charge in [-0.05, 0) is 55.5 Å². The minimum absolute atomic E-state index is 0.0589. The maximum absolute atomic E-state index is 13.0. The lowest BCUT2D eigenvalue weighted by Crippen LogP contribution is -2.42. The number of nitrogens with one attached hydrogen (secondary N) is 1. The van der Waals surface area contributed by atoms with Crippen LogP contribution >= 0.6 is 11.6 Å². The highest BCUT2D eigenvalue weighted by atomic mass is 35.5. The van der Waals surface area contributed by atoms with Gasteiger partial charge in [-0.15, -0.1) is 0 Å². The van der Waals surface area contributed by atoms with Gasteiger partial charge in [-0.25, -0.2) is 23.9 Å². The zero-order valence-electron chi connectivity index (χ0n) is 18.4. The molecule has 0 atom stereocenters. The molecule has 1 aromatic carbocycles. The van der Waals surface area contributed by atoms with Crippen molar-refractivity contribution in [1.82, 2.24) is 24.1 Å². The average Bonchev–Trinajstić information content (AvgIpc) is 2.84. The lowest BCUT2D eigenvalue weighted by Gasteiger charge is -2.15. The number of hydrogen-bond acceptors (Lipinski definition) is 8. The van der Waals surface area contributed by atoms with Gasteiger partial charge in [0.2, 0.25) is 5.95 Å². The van der Waals surface area contributed by atoms with Gasteiger partial charge in [0, 0.05) is 18.4 Å². The zero-order valence-corrected chi connectivity index (χ0v) is 19.1. The Bertz CT molecular complexity index is 1470. The van der Waals surface area contributed by atoms with Crippen molar-refractivity contribution >= 4 is 29.2 Å². The van der Waals surface area contributed by atoms with Gasteiger partial charge in [-0.1, -0.05) is 11.6 Å². The van der Waals surface area contributed by atoms with Gasteiger partial charge in [-0.3, -0.25) is 9.55 Å². The van der Waals surface area contributed by atoms with Crippen molar-refractivity contribution in [3.05, 3.63) is 98.3 Å². The summed E-state index contributed by atoms with van der Waals surface area (Å²) in [4.78, 5) is 48.3. The summed E-state index contributed by atoms with van der Waals surface area (Å²) in [6, 6.07) is 12.9. The summed E-state index contributed by atoms with van der Waals surface area (Å²) in [6.45, 7) is 1.94. The molecule has 0 spiro atoms. The first-order chi connectivity index (χ1) is 16.8. The number of aromatic nitrogens is 5. The van der Waals surface area contributed by atoms with Crippen LogP contribution in [-0.4, -0.2) is 35.2 Å². The summed E-state index contributed by atoms with van der Waals surface area (Å²) in [7, 11) is 0. The molecule has 0 radical (unpaired) electrons. The molecule has 4 rings (SSSR count). The molecule has 3 aromatic heterocycles. The molecule has 0 bridgehead atoms. The van der Waals surface area contributed by atoms with Gasteiger partial charge in [0.05, 0.1) is 23.5 Å². The van der Waals surface area contributed by atoms with Crippen molar-refractivity contribution in [2.45, 2.75) is 20.0 Å². The summed E-state index contributed by atoms with van der Waals surface area (Å²) in [6.07, 6.45) is 2.79. The van der Waals surface area contributed by atoms with Gasteiger partial charge >= 0.3 is 17.3 Å². The highest BCUT2D eigenvalue weighted by molar-refractivity contribution is 6.30. The Kier molecular flexibility index (Phi) is 6.88. The summed E-state index contributed by atoms with van der Waals surface area (Å²) >= 11 is 5.90. The van der Waals surface area contributed by atoms with Crippen molar-refractivity contribution in [2.75, 3.05) is 5.32 Å². The molecule has 0 unspecified atom stereocenters. The van der Waals surface area contributed by atoms with Crippen LogP contribution in [0.2, 0.25) is 5.02 Å². The van der Waals surface area contributed by atoms with E-state index in [2.05, 4.69) is 20.3 Å². The molecule has 0 saturated heterocycles. The van der Waals surface area contributed by atoms with E-state index in [1.54, 1.807) is 43.3 Å². The number of carbonyl (C=O) groups is 1. The molecule has 0 fully saturated rings. The maximum atomic E-state index is 13.0. The molecule has 3 heterocycles. The number of rotatable bonds is 8. The third-order valence-electron chi connectivity index (χ3n) is 4.88. The summed E-state index contributed by atoms with van der Waals surface area (Å²) in [5.41, 5.74) is -0.167. The number of nitrogens with zero attached hydrogens (tertiary/aromatic N) is 5. The van der Waals surface area contributed by atoms with E-state index in [4.69, 9.17) is 21.4 Å². The van der Waals surface area contributed by atoms with E-state index in [9.17, 15) is 14.4 Å². The Morgan fingerprint density at radius 3 is 2.34 bits per heavy atom. The van der Waals surface area contributed by atoms with E-state index in [-0.39, 0.29) is 24.7 Å². The Morgan fingerprint density at radius 2 is 1.74 bits per heavy atom. The van der Waals surface area contributed by atoms with Gasteiger partial charge in [0.25, 0.3) is 0 Å². The fraction of sp³-hybridized carbons (Fsp3) is 0.130. The second-order valence-corrected chi connectivity index (χ2v) is 7.67. The third-order valence-corrected chi connectivity index (χ3v) is 5.10. The third kappa shape index (κ3) is 5.53. The van der Waals surface area contributed by atoms with E-state index in [1.165, 1.54) is 29.1 Å². The molecule has 0 amide bonds. The number of hydrogen-bond donors (Lipinski definition) is 2. The highest BCUT2D eigenvalue weighted by Gasteiger charge is 2.14. The maximum Gasteiger partial charge on any atom is 0.354 e. The fourth-order valence-electron chi connectivity index (χ4n) is 3.14. The van der Waals surface area contributed by atoms with Crippen LogP contribution in [0.25, 0.3) is 0 Å². The van der Waals surface area contributed by atoms with E-state index in [0.717, 1.165) is 4.57 Å². The molecule has 35 heavy (non-hydrogen) atoms. The lowest BCUT2D eigenvalue weighted by atomic mass is 10.3. The van der Waals surface area contributed by atoms with Crippen molar-refractivity contribution in [1.29, 1.82) is 0 Å². The van der Waals surface area contributed by atoms with E-state index in [0.29, 0.717) is 27.9 Å². The summed E-state index contributed by atoms with van der Waals surface area (Å²) in [5, 5.41) is 12.4. The van der Waals surface area contributed by atoms with Gasteiger partial charge in [0.1, 0.15) is 17.2 Å². The average molecular weight is 495 g/mol. The second kappa shape index (κ2) is 10.2. The first-order valence-corrected chi connectivity index (χ1v) is 10.8. The van der Waals surface area contributed by atoms with Crippen molar-refractivity contribution in [2.24, 2.45) is 0 Å². The van der Waals surface area contributed by atoms with Crippen LogP contribution in [0.4, 0.5) is 11.6 Å². The molecule has 11 nitrogen and oxygen atoms in total. The van der Waals surface area contributed by atoms with Crippen LogP contribution in [0.15, 0.2) is 70.5 Å². The Hall–Kier alpha value is -4.51. The number of benzene rings is 1. The Morgan fingerprint density at radius 1 is 1.00 bits per heavy atom. The first kappa shape index (κ1) is 23.6. The molecular weight excluding hydrogens is 476 g/mol. The van der Waals surface area contributed by atoms with Crippen LogP contribution in [0, 0.1) is 0 Å². The predicted octanol–water partition coefficient (Wildman–Crippen LogP) is 3.15. The summed E-state index contributed by atoms with van der Waals surface area (Å²) in [5.74, 6) is -0.233. The van der Waals surface area contributed by atoms with Gasteiger partial charge < -0.3 is 15.2 Å². The summed E-state index contributed by atoms with van der Waals surface area (Å²) < 4.78 is 8.02. The normalized spacial score (nSPS) is 10.7. The first-order valence-electron chi connectivity index (χ1n) is 10.4. The zero-order chi connectivity index (χ0) is 24.9. The molecule has 0 aliphatic rings. The monoisotopic (exact) mass is 494 g/mol. The molecule has 0 saturated carbocycles. The number of ether oxygens (including phenoxy) is 1. The van der Waals surface area contributed by atoms with E-state index < -0.39 is 17.3 Å². The molecular formula is C23H19ClN6O5. The van der Waals surface area contributed by atoms with Crippen LogP contribution in [0.3, 0.4) is 0 Å². The molecule has 0 aliphatic carbocycles. The van der Waals surface area contributed by atoms with Crippen LogP contribution in [-0.2, 0) is 13.1 Å². The van der Waals surface area contributed by atoms with E-state index >= 15 is 0 Å². The lowest BCUT2D eigenvalue weighted by molar-refractivity contribution is 0.0690. The van der Waals surface area contributed by atoms with Crippen LogP contribution in [0.1, 0.15) is 23.1 Å². The smallest absolute Gasteiger partial charge is 0.354 e. The minimum Gasteiger partial charge on any atom is -0.477 e. The Labute approximate surface area is 203 Å². The van der Waals surface area contributed by atoms with E-state index in [1.807, 2.05) is 0 Å². The minimum atomic E-state index is -1.13. The second-order valence-electron chi connectivity index (χ2n) is 7.23. The molecule has 0 aliphatic heterocycles. The number of carboxylic acids is 1. The van der Waals surface area contributed by atoms with Crippen molar-refractivity contribution in [3.63, 3.8) is 0 Å². The molecule has 2 N–H and O–H groups in total. The standard InChI is InChI=1S/C23H19ClN6O5/c1-2-29-22(33)28-21(30(23(29)34)13-16-4-3-14(24)11-25-16)27-15-5-7-17(8-6-15)35-18-9-10-19(20(31)32)26-12-18/h3-12H,2,13H2,1H3,(H,31,32)(H,27,28,33). The van der Waals surface area contributed by atoms with Crippen molar-refractivity contribution < 1.29 is 14.6 Å². The molecule has 178 valence electrons. The fourth-order valence-corrected chi connectivity index (χ4v) is 3.25. The number of carboxylic acid groups (broad SMARTS) is 1. The largest absolute Gasteiger partial charge is 0.477 e. The van der Waals surface area contributed by atoms with Crippen LogP contribution < -0.4 is 21.4 Å². The number of anilines is 2. The molecule has 12 heteroatoms. The Balaban J connectivity index is 1.58. The van der Waals surface area contributed by atoms with Crippen molar-refractivity contribution in [3.8, 4) is 11.5 Å². The number of pyridine rings is 2. The van der Waals surface area contributed by atoms with Gasteiger partial charge in [-0.2, -0.15) is 4.98 Å². The highest BCUT2D eigenvalue weighted by Crippen LogP contribution is 2.23. The molecule has 4 aromatic rings. The topological polar surface area (TPSA) is 141 Å². The SMILES string of the molecule is CCn1c(=O)nc(Nc2ccc(Oc3ccc(C(=O)O)nc3)cc2)n(Cc2ccc(Cl)cn2)c1=O. The van der Waals surface area contributed by atoms with Crippen LogP contribution in [0.5, 0.6) is 11.5 Å². The van der Waals surface area contributed by atoms with Gasteiger partial charge in [0.15, 0.2) is 0 Å². The predicted molar refractivity (Wildman–Crippen MR) is 128 cm³/mol. The number of halogens is 1. The number of aromatic carboxylic acids is 1. The quantitative estimate of drug-likeness (QED) is 0.377.